The van der Waals surface area contributed by atoms with E-state index in [1.807, 2.05) is 0 Å². The van der Waals surface area contributed by atoms with Gasteiger partial charge in [-0.25, -0.2) is 9.59 Å². The summed E-state index contributed by atoms with van der Waals surface area (Å²) in [7, 11) is 0. The molecule has 1 aromatic carbocycles. The molecule has 0 saturated heterocycles. The number of esters is 1. The van der Waals surface area contributed by atoms with Crippen molar-refractivity contribution < 1.29 is 38.9 Å². The number of nitrogens with zero attached hydrogens (tertiary/aromatic N) is 1. The van der Waals surface area contributed by atoms with Gasteiger partial charge < -0.3 is 24.4 Å². The van der Waals surface area contributed by atoms with Gasteiger partial charge in [0, 0.05) is 18.7 Å². The van der Waals surface area contributed by atoms with Crippen molar-refractivity contribution in [2.45, 2.75) is 27.4 Å². The second-order valence-electron chi connectivity index (χ2n) is 5.64. The van der Waals surface area contributed by atoms with Crippen molar-refractivity contribution >= 4 is 12.1 Å². The summed E-state index contributed by atoms with van der Waals surface area (Å²) >= 11 is 0. The highest BCUT2D eigenvalue weighted by molar-refractivity contribution is 5.74. The second kappa shape index (κ2) is 8.95. The SMILES string of the molecule is CCOCC(=O)Oc1c(C)cc(COC(=O)On2c(O)ccc2O)cc1C. The van der Waals surface area contributed by atoms with Gasteiger partial charge in [-0.15, -0.1) is 4.73 Å². The molecule has 27 heavy (non-hydrogen) atoms. The Morgan fingerprint density at radius 3 is 2.22 bits per heavy atom. The second-order valence-corrected chi connectivity index (χ2v) is 5.64. The third-order valence-electron chi connectivity index (χ3n) is 3.48. The molecule has 146 valence electrons. The maximum Gasteiger partial charge on any atom is 0.534 e. The molecule has 0 aliphatic rings. The van der Waals surface area contributed by atoms with E-state index in [0.717, 1.165) is 12.1 Å². The lowest BCUT2D eigenvalue weighted by atomic mass is 10.1. The number of carbonyl (C=O) groups is 2. The normalized spacial score (nSPS) is 10.5. The van der Waals surface area contributed by atoms with Crippen molar-refractivity contribution in [3.05, 3.63) is 41.0 Å². The number of benzene rings is 1. The van der Waals surface area contributed by atoms with Gasteiger partial charge >= 0.3 is 12.1 Å². The third-order valence-corrected chi connectivity index (χ3v) is 3.48. The molecule has 9 nitrogen and oxygen atoms in total. The average Bonchev–Trinajstić information content (AvgIpc) is 2.93. The Kier molecular flexibility index (Phi) is 6.67. The van der Waals surface area contributed by atoms with Gasteiger partial charge in [0.25, 0.3) is 0 Å². The molecule has 2 rings (SSSR count). The van der Waals surface area contributed by atoms with E-state index >= 15 is 0 Å². The van der Waals surface area contributed by atoms with Crippen LogP contribution in [-0.4, -0.2) is 40.3 Å². The molecule has 0 aliphatic carbocycles. The lowest BCUT2D eigenvalue weighted by Gasteiger charge is -2.13. The number of ether oxygens (including phenoxy) is 3. The molecule has 0 aliphatic heterocycles. The van der Waals surface area contributed by atoms with Crippen LogP contribution >= 0.6 is 0 Å². The fourth-order valence-corrected chi connectivity index (χ4v) is 2.35. The van der Waals surface area contributed by atoms with Gasteiger partial charge in [-0.05, 0) is 49.6 Å². The van der Waals surface area contributed by atoms with E-state index in [0.29, 0.717) is 33.8 Å². The van der Waals surface area contributed by atoms with Gasteiger partial charge in [0.2, 0.25) is 11.8 Å². The predicted molar refractivity (Wildman–Crippen MR) is 92.6 cm³/mol. The first-order valence-electron chi connectivity index (χ1n) is 8.15. The number of rotatable bonds is 7. The number of hydrogen-bond donors (Lipinski definition) is 2. The van der Waals surface area contributed by atoms with Gasteiger partial charge in [0.15, 0.2) is 0 Å². The molecule has 2 aromatic rings. The summed E-state index contributed by atoms with van der Waals surface area (Å²) in [6, 6.07) is 5.71. The summed E-state index contributed by atoms with van der Waals surface area (Å²) in [5.41, 5.74) is 2.02. The predicted octanol–water partition coefficient (Wildman–Crippen LogP) is 2.22. The molecule has 9 heteroatoms. The Hall–Kier alpha value is -3.20. The van der Waals surface area contributed by atoms with Crippen LogP contribution in [0.25, 0.3) is 0 Å². The summed E-state index contributed by atoms with van der Waals surface area (Å²) < 4.78 is 15.8. The molecule has 1 heterocycles. The van der Waals surface area contributed by atoms with Crippen LogP contribution < -0.4 is 9.57 Å². The fourth-order valence-electron chi connectivity index (χ4n) is 2.35. The molecule has 0 bridgehead atoms. The van der Waals surface area contributed by atoms with Crippen LogP contribution in [0.4, 0.5) is 4.79 Å². The molecule has 0 amide bonds. The summed E-state index contributed by atoms with van der Waals surface area (Å²) in [5, 5.41) is 18.8. The molecule has 2 N–H and O–H groups in total. The highest BCUT2D eigenvalue weighted by Crippen LogP contribution is 2.25. The number of aromatic nitrogens is 1. The molecule has 0 unspecified atom stereocenters. The topological polar surface area (TPSA) is 116 Å². The van der Waals surface area contributed by atoms with E-state index < -0.39 is 23.9 Å². The quantitative estimate of drug-likeness (QED) is 0.556. The number of hydrogen-bond acceptors (Lipinski definition) is 8. The zero-order valence-corrected chi connectivity index (χ0v) is 15.2. The molecular formula is C18H21NO8. The monoisotopic (exact) mass is 379 g/mol. The van der Waals surface area contributed by atoms with Gasteiger partial charge in [-0.1, -0.05) is 0 Å². The van der Waals surface area contributed by atoms with E-state index in [4.69, 9.17) is 14.2 Å². The molecule has 0 spiro atoms. The first-order valence-corrected chi connectivity index (χ1v) is 8.15. The maximum atomic E-state index is 11.7. The third kappa shape index (κ3) is 5.38. The number of aryl methyl sites for hydroxylation is 2. The van der Waals surface area contributed by atoms with Crippen molar-refractivity contribution in [1.82, 2.24) is 4.73 Å². The summed E-state index contributed by atoms with van der Waals surface area (Å²) in [5.74, 6) is -0.973. The highest BCUT2D eigenvalue weighted by Gasteiger charge is 2.15. The smallest absolute Gasteiger partial charge is 0.492 e. The Morgan fingerprint density at radius 2 is 1.67 bits per heavy atom. The van der Waals surface area contributed by atoms with E-state index in [9.17, 15) is 19.8 Å². The standard InChI is InChI=1S/C18H21NO8/c1-4-24-10-16(22)26-17-11(2)7-13(8-12(17)3)9-25-18(23)27-19-14(20)5-6-15(19)21/h5-8,20-21H,4,9-10H2,1-3H3. The summed E-state index contributed by atoms with van der Waals surface area (Å²) in [4.78, 5) is 28.1. The van der Waals surface area contributed by atoms with Crippen molar-refractivity contribution in [3.8, 4) is 17.5 Å². The zero-order valence-electron chi connectivity index (χ0n) is 15.2. The molecule has 0 fully saturated rings. The Balaban J connectivity index is 1.97. The van der Waals surface area contributed by atoms with Crippen LogP contribution in [0.5, 0.6) is 17.5 Å². The van der Waals surface area contributed by atoms with Gasteiger partial charge in [0.05, 0.1) is 0 Å². The van der Waals surface area contributed by atoms with Crippen LogP contribution in [0.15, 0.2) is 24.3 Å². The lowest BCUT2D eigenvalue weighted by Crippen LogP contribution is -2.20. The first kappa shape index (κ1) is 20.1. The Morgan fingerprint density at radius 1 is 1.07 bits per heavy atom. The Labute approximate surface area is 155 Å². The minimum atomic E-state index is -1.11. The van der Waals surface area contributed by atoms with Gasteiger partial charge in [-0.3, -0.25) is 4.84 Å². The van der Waals surface area contributed by atoms with E-state index in [2.05, 4.69) is 4.84 Å². The lowest BCUT2D eigenvalue weighted by molar-refractivity contribution is -0.139. The van der Waals surface area contributed by atoms with Crippen LogP contribution in [0, 0.1) is 13.8 Å². The number of carbonyl (C=O) groups excluding carboxylic acids is 2. The zero-order chi connectivity index (χ0) is 20.0. The van der Waals surface area contributed by atoms with Gasteiger partial charge in [-0.2, -0.15) is 0 Å². The average molecular weight is 379 g/mol. The molecule has 0 atom stereocenters. The van der Waals surface area contributed by atoms with Crippen LogP contribution in [0.1, 0.15) is 23.6 Å². The molecular weight excluding hydrogens is 358 g/mol. The van der Waals surface area contributed by atoms with Gasteiger partial charge in [0.1, 0.15) is 19.0 Å². The summed E-state index contributed by atoms with van der Waals surface area (Å²) in [6.07, 6.45) is -1.11. The highest BCUT2D eigenvalue weighted by atomic mass is 16.8. The maximum absolute atomic E-state index is 11.7. The van der Waals surface area contributed by atoms with E-state index in [-0.39, 0.29) is 13.2 Å². The molecule has 0 saturated carbocycles. The van der Waals surface area contributed by atoms with Crippen LogP contribution in [-0.2, 0) is 20.9 Å². The molecule has 0 radical (unpaired) electrons. The summed E-state index contributed by atoms with van der Waals surface area (Å²) in [6.45, 7) is 5.46. The van der Waals surface area contributed by atoms with Crippen molar-refractivity contribution in [3.63, 3.8) is 0 Å². The minimum absolute atomic E-state index is 0.115. The number of aromatic hydroxyl groups is 2. The van der Waals surface area contributed by atoms with Crippen molar-refractivity contribution in [2.75, 3.05) is 13.2 Å². The van der Waals surface area contributed by atoms with Crippen molar-refractivity contribution in [1.29, 1.82) is 0 Å². The Bertz CT molecular complexity index is 784. The largest absolute Gasteiger partial charge is 0.534 e. The fraction of sp³-hybridized carbons (Fsp3) is 0.333. The van der Waals surface area contributed by atoms with Crippen LogP contribution in [0.3, 0.4) is 0 Å². The van der Waals surface area contributed by atoms with E-state index in [1.54, 1.807) is 32.9 Å². The molecule has 1 aromatic heterocycles. The first-order chi connectivity index (χ1) is 12.8. The minimum Gasteiger partial charge on any atom is -0.492 e. The van der Waals surface area contributed by atoms with E-state index in [1.165, 1.54) is 0 Å². The van der Waals surface area contributed by atoms with Crippen LogP contribution in [0.2, 0.25) is 0 Å². The van der Waals surface area contributed by atoms with Crippen molar-refractivity contribution in [2.24, 2.45) is 0 Å².